The Hall–Kier alpha value is -1.43. The number of aromatic nitrogens is 2. The molecule has 0 N–H and O–H groups in total. The fourth-order valence-electron chi connectivity index (χ4n) is 2.37. The van der Waals surface area contributed by atoms with Gasteiger partial charge < -0.3 is 14.0 Å². The van der Waals surface area contributed by atoms with Gasteiger partial charge in [-0.05, 0) is 25.7 Å². The average Bonchev–Trinajstić information content (AvgIpc) is 3.09. The number of methoxy groups -OCH3 is 1. The van der Waals surface area contributed by atoms with Gasteiger partial charge in [0.05, 0.1) is 13.7 Å². The molecule has 0 bridgehead atoms. The quantitative estimate of drug-likeness (QED) is 0.752. The number of hydrogen-bond acceptors (Lipinski definition) is 6. The van der Waals surface area contributed by atoms with Crippen LogP contribution in [0.15, 0.2) is 4.52 Å². The summed E-state index contributed by atoms with van der Waals surface area (Å²) >= 11 is 0. The minimum atomic E-state index is -0.671. The van der Waals surface area contributed by atoms with Crippen molar-refractivity contribution in [1.82, 2.24) is 10.1 Å². The lowest BCUT2D eigenvalue weighted by molar-refractivity contribution is -0.144. The van der Waals surface area contributed by atoms with E-state index >= 15 is 0 Å². The Morgan fingerprint density at radius 3 is 2.94 bits per heavy atom. The SMILES string of the molecule is COC(=O)C1(c2nc(C3CCCOC3)no2)CC1. The zero-order valence-electron chi connectivity index (χ0n) is 10.3. The molecular formula is C12H16N2O4. The number of carbonyl (C=O) groups is 1. The Morgan fingerprint density at radius 1 is 1.50 bits per heavy atom. The van der Waals surface area contributed by atoms with Crippen LogP contribution in [0.1, 0.15) is 43.3 Å². The van der Waals surface area contributed by atoms with E-state index in [1.807, 2.05) is 0 Å². The highest BCUT2D eigenvalue weighted by molar-refractivity contribution is 5.85. The van der Waals surface area contributed by atoms with Gasteiger partial charge in [0.15, 0.2) is 5.82 Å². The molecule has 0 amide bonds. The minimum Gasteiger partial charge on any atom is -0.468 e. The van der Waals surface area contributed by atoms with Crippen LogP contribution in [0.4, 0.5) is 0 Å². The number of hydrogen-bond donors (Lipinski definition) is 0. The van der Waals surface area contributed by atoms with E-state index in [0.29, 0.717) is 18.3 Å². The topological polar surface area (TPSA) is 74.5 Å². The molecular weight excluding hydrogens is 236 g/mol. The van der Waals surface area contributed by atoms with Gasteiger partial charge in [-0.3, -0.25) is 4.79 Å². The largest absolute Gasteiger partial charge is 0.468 e. The van der Waals surface area contributed by atoms with Gasteiger partial charge in [-0.1, -0.05) is 5.16 Å². The molecule has 0 radical (unpaired) electrons. The molecule has 6 heteroatoms. The highest BCUT2D eigenvalue weighted by Crippen LogP contribution is 2.48. The predicted octanol–water partition coefficient (Wildman–Crippen LogP) is 1.17. The Labute approximate surface area is 105 Å². The number of nitrogens with zero attached hydrogens (tertiary/aromatic N) is 2. The van der Waals surface area contributed by atoms with Gasteiger partial charge in [0, 0.05) is 12.5 Å². The van der Waals surface area contributed by atoms with E-state index in [2.05, 4.69) is 10.1 Å². The van der Waals surface area contributed by atoms with E-state index < -0.39 is 5.41 Å². The van der Waals surface area contributed by atoms with Crippen LogP contribution < -0.4 is 0 Å². The minimum absolute atomic E-state index is 0.185. The van der Waals surface area contributed by atoms with Crippen molar-refractivity contribution < 1.29 is 18.8 Å². The number of rotatable bonds is 3. The van der Waals surface area contributed by atoms with Gasteiger partial charge in [-0.2, -0.15) is 4.98 Å². The Kier molecular flexibility index (Phi) is 2.81. The zero-order chi connectivity index (χ0) is 12.6. The van der Waals surface area contributed by atoms with Crippen molar-refractivity contribution in [2.24, 2.45) is 0 Å². The molecule has 3 rings (SSSR count). The molecule has 1 saturated carbocycles. The van der Waals surface area contributed by atoms with E-state index in [1.165, 1.54) is 7.11 Å². The maximum absolute atomic E-state index is 11.7. The number of carbonyl (C=O) groups excluding carboxylic acids is 1. The summed E-state index contributed by atoms with van der Waals surface area (Å²) in [6.45, 7) is 1.43. The standard InChI is InChI=1S/C12H16N2O4/c1-16-11(15)12(4-5-12)10-13-9(14-18-10)8-3-2-6-17-7-8/h8H,2-7H2,1H3. The molecule has 98 valence electrons. The number of ether oxygens (including phenoxy) is 2. The Morgan fingerprint density at radius 2 is 2.33 bits per heavy atom. The van der Waals surface area contributed by atoms with Gasteiger partial charge in [0.2, 0.25) is 5.89 Å². The van der Waals surface area contributed by atoms with Crippen molar-refractivity contribution in [1.29, 1.82) is 0 Å². The van der Waals surface area contributed by atoms with Crippen LogP contribution in [0.2, 0.25) is 0 Å². The fraction of sp³-hybridized carbons (Fsp3) is 0.750. The molecule has 1 aliphatic carbocycles. The van der Waals surface area contributed by atoms with Crippen molar-refractivity contribution in [3.8, 4) is 0 Å². The first kappa shape index (κ1) is 11.6. The Bertz CT molecular complexity index is 447. The normalized spacial score (nSPS) is 25.7. The second-order valence-electron chi connectivity index (χ2n) is 4.95. The summed E-state index contributed by atoms with van der Waals surface area (Å²) < 4.78 is 15.4. The van der Waals surface area contributed by atoms with E-state index in [1.54, 1.807) is 0 Å². The highest BCUT2D eigenvalue weighted by atomic mass is 16.5. The number of esters is 1. The molecule has 18 heavy (non-hydrogen) atoms. The van der Waals surface area contributed by atoms with Crippen LogP contribution in [-0.4, -0.2) is 36.4 Å². The lowest BCUT2D eigenvalue weighted by Gasteiger charge is -2.18. The third-order valence-electron chi connectivity index (χ3n) is 3.70. The Balaban J connectivity index is 1.79. The van der Waals surface area contributed by atoms with Gasteiger partial charge in [0.1, 0.15) is 5.41 Å². The van der Waals surface area contributed by atoms with Crippen molar-refractivity contribution in [3.63, 3.8) is 0 Å². The first-order valence-electron chi connectivity index (χ1n) is 6.26. The summed E-state index contributed by atoms with van der Waals surface area (Å²) in [6.07, 6.45) is 3.46. The predicted molar refractivity (Wildman–Crippen MR) is 60.0 cm³/mol. The van der Waals surface area contributed by atoms with Gasteiger partial charge in [-0.15, -0.1) is 0 Å². The molecule has 1 unspecified atom stereocenters. The molecule has 1 atom stereocenters. The summed E-state index contributed by atoms with van der Waals surface area (Å²) in [6, 6.07) is 0. The maximum Gasteiger partial charge on any atom is 0.321 e. The second-order valence-corrected chi connectivity index (χ2v) is 4.95. The zero-order valence-corrected chi connectivity index (χ0v) is 10.3. The van der Waals surface area contributed by atoms with E-state index in [0.717, 1.165) is 32.3 Å². The summed E-state index contributed by atoms with van der Waals surface area (Å²) in [5.74, 6) is 0.956. The van der Waals surface area contributed by atoms with Crippen LogP contribution in [-0.2, 0) is 19.7 Å². The second kappa shape index (κ2) is 4.35. The van der Waals surface area contributed by atoms with Gasteiger partial charge >= 0.3 is 5.97 Å². The monoisotopic (exact) mass is 252 g/mol. The molecule has 6 nitrogen and oxygen atoms in total. The summed E-state index contributed by atoms with van der Waals surface area (Å²) in [5, 5.41) is 3.99. The van der Waals surface area contributed by atoms with E-state index in [4.69, 9.17) is 14.0 Å². The molecule has 0 spiro atoms. The smallest absolute Gasteiger partial charge is 0.321 e. The van der Waals surface area contributed by atoms with E-state index in [-0.39, 0.29) is 11.9 Å². The van der Waals surface area contributed by atoms with Crippen LogP contribution >= 0.6 is 0 Å². The molecule has 1 saturated heterocycles. The lowest BCUT2D eigenvalue weighted by atomic mass is 10.0. The van der Waals surface area contributed by atoms with Gasteiger partial charge in [-0.25, -0.2) is 0 Å². The summed E-state index contributed by atoms with van der Waals surface area (Å²) in [4.78, 5) is 16.1. The van der Waals surface area contributed by atoms with Crippen molar-refractivity contribution in [3.05, 3.63) is 11.7 Å². The molecule has 2 heterocycles. The third-order valence-corrected chi connectivity index (χ3v) is 3.70. The molecule has 1 aromatic heterocycles. The molecule has 0 aromatic carbocycles. The fourth-order valence-corrected chi connectivity index (χ4v) is 2.37. The lowest BCUT2D eigenvalue weighted by Crippen LogP contribution is -2.22. The first-order chi connectivity index (χ1) is 8.76. The van der Waals surface area contributed by atoms with Crippen LogP contribution in [0.25, 0.3) is 0 Å². The molecule has 2 aliphatic rings. The van der Waals surface area contributed by atoms with Crippen molar-refractivity contribution in [2.75, 3.05) is 20.3 Å². The van der Waals surface area contributed by atoms with Crippen LogP contribution in [0, 0.1) is 0 Å². The summed E-state index contributed by atoms with van der Waals surface area (Å²) in [5.41, 5.74) is -0.671. The molecule has 2 fully saturated rings. The molecule has 1 aliphatic heterocycles. The van der Waals surface area contributed by atoms with Crippen molar-refractivity contribution in [2.45, 2.75) is 37.0 Å². The average molecular weight is 252 g/mol. The van der Waals surface area contributed by atoms with Crippen molar-refractivity contribution >= 4 is 5.97 Å². The summed E-state index contributed by atoms with van der Waals surface area (Å²) in [7, 11) is 1.38. The van der Waals surface area contributed by atoms with Crippen LogP contribution in [0.5, 0.6) is 0 Å². The van der Waals surface area contributed by atoms with E-state index in [9.17, 15) is 4.79 Å². The highest BCUT2D eigenvalue weighted by Gasteiger charge is 2.57. The maximum atomic E-state index is 11.7. The van der Waals surface area contributed by atoms with Crippen LogP contribution in [0.3, 0.4) is 0 Å². The van der Waals surface area contributed by atoms with Gasteiger partial charge in [0.25, 0.3) is 0 Å². The third kappa shape index (κ3) is 1.80. The first-order valence-corrected chi connectivity index (χ1v) is 6.26. The molecule has 1 aromatic rings.